The van der Waals surface area contributed by atoms with Gasteiger partial charge in [0.25, 0.3) is 0 Å². The minimum atomic E-state index is 0.0771. The number of ketones is 1. The van der Waals surface area contributed by atoms with E-state index in [-0.39, 0.29) is 5.78 Å². The quantitative estimate of drug-likeness (QED) is 0.765. The lowest BCUT2D eigenvalue weighted by Gasteiger charge is -1.94. The first-order valence-electron chi connectivity index (χ1n) is 3.49. The van der Waals surface area contributed by atoms with Crippen LogP contribution in [0.4, 0.5) is 0 Å². The van der Waals surface area contributed by atoms with Gasteiger partial charge in [0.2, 0.25) is 0 Å². The fraction of sp³-hybridized carbons (Fsp3) is 0.429. The van der Waals surface area contributed by atoms with Crippen molar-refractivity contribution in [1.82, 2.24) is 10.2 Å². The summed E-state index contributed by atoms with van der Waals surface area (Å²) in [5.74, 6) is 0.433. The number of alkyl halides is 1. The Balaban J connectivity index is 2.52. The van der Waals surface area contributed by atoms with Crippen molar-refractivity contribution in [2.45, 2.75) is 12.8 Å². The van der Waals surface area contributed by atoms with Crippen LogP contribution < -0.4 is 0 Å². The van der Waals surface area contributed by atoms with Crippen LogP contribution in [0.1, 0.15) is 12.0 Å². The summed E-state index contributed by atoms with van der Waals surface area (Å²) in [4.78, 5) is 11.1. The number of rotatable bonds is 4. The van der Waals surface area contributed by atoms with Gasteiger partial charge in [-0.05, 0) is 0 Å². The summed E-state index contributed by atoms with van der Waals surface area (Å²) < 4.78 is 0. The lowest BCUT2D eigenvalue weighted by atomic mass is 10.1. The van der Waals surface area contributed by atoms with Crippen LogP contribution in [0.2, 0.25) is 5.15 Å². The molecule has 1 N–H and O–H groups in total. The Labute approximate surface area is 80.1 Å². The van der Waals surface area contributed by atoms with E-state index in [1.807, 2.05) is 0 Å². The van der Waals surface area contributed by atoms with Gasteiger partial charge in [0.15, 0.2) is 0 Å². The molecule has 0 bridgehead atoms. The lowest BCUT2D eigenvalue weighted by Crippen LogP contribution is -2.02. The van der Waals surface area contributed by atoms with Crippen molar-refractivity contribution in [1.29, 1.82) is 0 Å². The number of H-pyrrole nitrogens is 1. The van der Waals surface area contributed by atoms with Crippen LogP contribution in [0.3, 0.4) is 0 Å². The maximum atomic E-state index is 11.1. The molecule has 1 heterocycles. The predicted octanol–water partition coefficient (Wildman–Crippen LogP) is 1.80. The molecule has 0 amide bonds. The number of carbonyl (C=O) groups is 1. The van der Waals surface area contributed by atoms with Crippen LogP contribution in [0, 0.1) is 0 Å². The second kappa shape index (κ2) is 4.48. The van der Waals surface area contributed by atoms with E-state index in [4.69, 9.17) is 23.2 Å². The lowest BCUT2D eigenvalue weighted by molar-refractivity contribution is -0.118. The van der Waals surface area contributed by atoms with Crippen LogP contribution in [0.25, 0.3) is 0 Å². The number of aromatic nitrogens is 2. The first-order valence-corrected chi connectivity index (χ1v) is 4.40. The van der Waals surface area contributed by atoms with Gasteiger partial charge in [0, 0.05) is 24.3 Å². The zero-order valence-corrected chi connectivity index (χ0v) is 7.82. The Morgan fingerprint density at radius 2 is 2.42 bits per heavy atom. The van der Waals surface area contributed by atoms with Crippen LogP contribution >= 0.6 is 23.2 Å². The number of nitrogens with zero attached hydrogens (tertiary/aromatic N) is 1. The highest BCUT2D eigenvalue weighted by Crippen LogP contribution is 2.12. The van der Waals surface area contributed by atoms with Gasteiger partial charge < -0.3 is 0 Å². The first kappa shape index (κ1) is 9.55. The van der Waals surface area contributed by atoms with E-state index in [9.17, 15) is 4.79 Å². The van der Waals surface area contributed by atoms with E-state index >= 15 is 0 Å². The Morgan fingerprint density at radius 1 is 1.67 bits per heavy atom. The molecule has 0 radical (unpaired) electrons. The smallest absolute Gasteiger partial charge is 0.138 e. The number of Topliss-reactive ketones (excluding diaryl/α,β-unsaturated/α-hetero) is 1. The third-order valence-corrected chi connectivity index (χ3v) is 1.94. The van der Waals surface area contributed by atoms with Crippen molar-refractivity contribution >= 4 is 29.0 Å². The van der Waals surface area contributed by atoms with Crippen molar-refractivity contribution in [2.24, 2.45) is 0 Å². The van der Waals surface area contributed by atoms with E-state index in [0.717, 1.165) is 5.56 Å². The van der Waals surface area contributed by atoms with E-state index in [1.54, 1.807) is 6.20 Å². The molecule has 0 aliphatic carbocycles. The van der Waals surface area contributed by atoms with Crippen LogP contribution in [-0.2, 0) is 11.2 Å². The van der Waals surface area contributed by atoms with E-state index in [2.05, 4.69) is 10.2 Å². The molecule has 0 atom stereocenters. The molecular formula is C7H8Cl2N2O. The molecule has 12 heavy (non-hydrogen) atoms. The average Bonchev–Trinajstić information content (AvgIpc) is 2.37. The summed E-state index contributed by atoms with van der Waals surface area (Å²) >= 11 is 11.1. The van der Waals surface area contributed by atoms with E-state index in [1.165, 1.54) is 0 Å². The van der Waals surface area contributed by atoms with Gasteiger partial charge >= 0.3 is 0 Å². The van der Waals surface area contributed by atoms with Crippen molar-refractivity contribution in [3.05, 3.63) is 16.9 Å². The topological polar surface area (TPSA) is 45.8 Å². The van der Waals surface area contributed by atoms with Crippen molar-refractivity contribution < 1.29 is 4.79 Å². The molecule has 0 aliphatic heterocycles. The second-order valence-corrected chi connectivity index (χ2v) is 3.12. The van der Waals surface area contributed by atoms with Crippen LogP contribution in [0.5, 0.6) is 0 Å². The summed E-state index contributed by atoms with van der Waals surface area (Å²) in [6.45, 7) is 0. The molecule has 1 aromatic rings. The largest absolute Gasteiger partial charge is 0.299 e. The number of carbonyl (C=O) groups excluding carboxylic acids is 1. The molecule has 1 rings (SSSR count). The zero-order chi connectivity index (χ0) is 8.97. The molecule has 0 aromatic carbocycles. The van der Waals surface area contributed by atoms with Gasteiger partial charge in [0.05, 0.1) is 6.20 Å². The average molecular weight is 207 g/mol. The highest BCUT2D eigenvalue weighted by Gasteiger charge is 2.07. The fourth-order valence-electron chi connectivity index (χ4n) is 0.825. The molecule has 1 aromatic heterocycles. The second-order valence-electron chi connectivity index (χ2n) is 2.36. The molecule has 0 fully saturated rings. The third kappa shape index (κ3) is 2.50. The van der Waals surface area contributed by atoms with Gasteiger partial charge in [0.1, 0.15) is 10.9 Å². The van der Waals surface area contributed by atoms with Gasteiger partial charge in [-0.2, -0.15) is 5.10 Å². The fourth-order valence-corrected chi connectivity index (χ4v) is 1.20. The summed E-state index contributed by atoms with van der Waals surface area (Å²) in [5.41, 5.74) is 0.729. The number of aromatic amines is 1. The van der Waals surface area contributed by atoms with Crippen LogP contribution in [0.15, 0.2) is 6.20 Å². The van der Waals surface area contributed by atoms with Crippen LogP contribution in [-0.4, -0.2) is 21.9 Å². The zero-order valence-electron chi connectivity index (χ0n) is 6.31. The predicted molar refractivity (Wildman–Crippen MR) is 47.6 cm³/mol. The summed E-state index contributed by atoms with van der Waals surface area (Å²) in [6.07, 6.45) is 2.24. The minimum absolute atomic E-state index is 0.0771. The summed E-state index contributed by atoms with van der Waals surface area (Å²) in [7, 11) is 0. The molecule has 0 unspecified atom stereocenters. The third-order valence-electron chi connectivity index (χ3n) is 1.43. The highest BCUT2D eigenvalue weighted by atomic mass is 35.5. The number of hydrogen-bond donors (Lipinski definition) is 1. The molecule has 5 heteroatoms. The van der Waals surface area contributed by atoms with Crippen molar-refractivity contribution in [3.8, 4) is 0 Å². The van der Waals surface area contributed by atoms with Crippen molar-refractivity contribution in [3.63, 3.8) is 0 Å². The number of hydrogen-bond acceptors (Lipinski definition) is 2. The Kier molecular flexibility index (Phi) is 3.56. The van der Waals surface area contributed by atoms with Gasteiger partial charge in [-0.15, -0.1) is 11.6 Å². The standard InChI is InChI=1S/C7H8Cl2N2O/c8-2-1-6(12)3-5-4-10-11-7(5)9/h4H,1-3H2,(H,10,11). The Bertz CT molecular complexity index is 272. The maximum absolute atomic E-state index is 11.1. The molecular weight excluding hydrogens is 199 g/mol. The van der Waals surface area contributed by atoms with Crippen molar-refractivity contribution in [2.75, 3.05) is 5.88 Å². The molecule has 0 saturated heterocycles. The van der Waals surface area contributed by atoms with E-state index < -0.39 is 0 Å². The van der Waals surface area contributed by atoms with E-state index in [0.29, 0.717) is 23.9 Å². The van der Waals surface area contributed by atoms with Gasteiger partial charge in [-0.1, -0.05) is 11.6 Å². The Morgan fingerprint density at radius 3 is 2.92 bits per heavy atom. The molecule has 0 saturated carbocycles. The maximum Gasteiger partial charge on any atom is 0.138 e. The summed E-state index contributed by atoms with van der Waals surface area (Å²) in [5, 5.41) is 6.67. The molecule has 66 valence electrons. The molecule has 3 nitrogen and oxygen atoms in total. The minimum Gasteiger partial charge on any atom is -0.299 e. The normalized spacial score (nSPS) is 10.2. The SMILES string of the molecule is O=C(CCCl)Cc1cn[nH]c1Cl. The van der Waals surface area contributed by atoms with Gasteiger partial charge in [-0.3, -0.25) is 9.89 Å². The summed E-state index contributed by atoms with van der Waals surface area (Å²) in [6, 6.07) is 0. The number of halogens is 2. The number of nitrogens with one attached hydrogen (secondary N) is 1. The monoisotopic (exact) mass is 206 g/mol. The van der Waals surface area contributed by atoms with Gasteiger partial charge in [-0.25, -0.2) is 0 Å². The Hall–Kier alpha value is -0.540. The highest BCUT2D eigenvalue weighted by molar-refractivity contribution is 6.30. The molecule has 0 aliphatic rings. The first-order chi connectivity index (χ1) is 5.74. The molecule has 0 spiro atoms.